The maximum absolute atomic E-state index is 5.80. The van der Waals surface area contributed by atoms with Gasteiger partial charge in [0.1, 0.15) is 0 Å². The van der Waals surface area contributed by atoms with Crippen molar-refractivity contribution in [3.63, 3.8) is 0 Å². The monoisotopic (exact) mass is 186 g/mol. The lowest BCUT2D eigenvalue weighted by Crippen LogP contribution is -1.93. The normalized spacial score (nSPS) is 10.8. The number of nitrogen functional groups attached to an aromatic ring is 1. The number of pyridine rings is 1. The lowest BCUT2D eigenvalue weighted by molar-refractivity contribution is 1.22. The van der Waals surface area contributed by atoms with Gasteiger partial charge in [0.15, 0.2) is 0 Å². The molecular weight excluding hydrogens is 172 g/mol. The molecule has 2 rings (SSSR count). The van der Waals surface area contributed by atoms with E-state index in [1.807, 2.05) is 26.0 Å². The highest BCUT2D eigenvalue weighted by Crippen LogP contribution is 2.23. The molecule has 0 aliphatic rings. The van der Waals surface area contributed by atoms with Gasteiger partial charge in [-0.3, -0.25) is 4.98 Å². The van der Waals surface area contributed by atoms with Gasteiger partial charge in [-0.15, -0.1) is 0 Å². The van der Waals surface area contributed by atoms with E-state index in [4.69, 9.17) is 5.73 Å². The highest BCUT2D eigenvalue weighted by Gasteiger charge is 2.03. The predicted molar refractivity (Wildman–Crippen MR) is 60.4 cm³/mol. The topological polar surface area (TPSA) is 38.9 Å². The Morgan fingerprint density at radius 1 is 1.00 bits per heavy atom. The van der Waals surface area contributed by atoms with E-state index < -0.39 is 0 Å². The summed E-state index contributed by atoms with van der Waals surface area (Å²) in [5.41, 5.74) is 11.1. The van der Waals surface area contributed by atoms with Crippen LogP contribution in [0.25, 0.3) is 10.9 Å². The van der Waals surface area contributed by atoms with E-state index in [-0.39, 0.29) is 0 Å². The third-order valence-corrected chi connectivity index (χ3v) is 2.46. The number of rotatable bonds is 0. The van der Waals surface area contributed by atoms with Crippen molar-refractivity contribution < 1.29 is 0 Å². The summed E-state index contributed by atoms with van der Waals surface area (Å²) in [5, 5.41) is 1.16. The first-order valence-electron chi connectivity index (χ1n) is 4.72. The summed E-state index contributed by atoms with van der Waals surface area (Å²) in [6.45, 7) is 6.16. The highest BCUT2D eigenvalue weighted by molar-refractivity contribution is 5.87. The lowest BCUT2D eigenvalue weighted by atomic mass is 10.0. The number of hydrogen-bond acceptors (Lipinski definition) is 2. The van der Waals surface area contributed by atoms with Gasteiger partial charge >= 0.3 is 0 Å². The van der Waals surface area contributed by atoms with Crippen LogP contribution in [0.5, 0.6) is 0 Å². The molecule has 2 nitrogen and oxygen atoms in total. The zero-order valence-corrected chi connectivity index (χ0v) is 8.76. The van der Waals surface area contributed by atoms with Gasteiger partial charge in [-0.25, -0.2) is 0 Å². The Morgan fingerprint density at radius 2 is 1.71 bits per heavy atom. The minimum absolute atomic E-state index is 0.809. The predicted octanol–water partition coefficient (Wildman–Crippen LogP) is 2.74. The molecule has 0 fully saturated rings. The number of hydrogen-bond donors (Lipinski definition) is 1. The Kier molecular flexibility index (Phi) is 1.92. The largest absolute Gasteiger partial charge is 0.399 e. The minimum Gasteiger partial charge on any atom is -0.399 e. The third-order valence-electron chi connectivity index (χ3n) is 2.46. The van der Waals surface area contributed by atoms with Crippen molar-refractivity contribution in [2.24, 2.45) is 0 Å². The lowest BCUT2D eigenvalue weighted by Gasteiger charge is -2.07. The van der Waals surface area contributed by atoms with Crippen LogP contribution < -0.4 is 5.73 Å². The molecule has 0 amide bonds. The molecule has 0 bridgehead atoms. The molecule has 1 aromatic heterocycles. The Hall–Kier alpha value is -1.57. The van der Waals surface area contributed by atoms with Crippen LogP contribution in [0.4, 0.5) is 5.69 Å². The summed E-state index contributed by atoms with van der Waals surface area (Å²) in [6.07, 6.45) is 0. The fourth-order valence-electron chi connectivity index (χ4n) is 1.86. The van der Waals surface area contributed by atoms with Crippen molar-refractivity contribution in [1.29, 1.82) is 0 Å². The van der Waals surface area contributed by atoms with Crippen LogP contribution in [0.1, 0.15) is 16.8 Å². The summed E-state index contributed by atoms with van der Waals surface area (Å²) < 4.78 is 0. The molecule has 2 heteroatoms. The minimum atomic E-state index is 0.809. The summed E-state index contributed by atoms with van der Waals surface area (Å²) in [6, 6.07) is 6.04. The first kappa shape index (κ1) is 9.00. The van der Waals surface area contributed by atoms with Crippen LogP contribution in [-0.4, -0.2) is 4.98 Å². The van der Waals surface area contributed by atoms with Crippen LogP contribution in [0, 0.1) is 20.8 Å². The molecule has 1 aromatic carbocycles. The van der Waals surface area contributed by atoms with E-state index in [9.17, 15) is 0 Å². The van der Waals surface area contributed by atoms with Crippen molar-refractivity contribution >= 4 is 16.6 Å². The maximum Gasteiger partial charge on any atom is 0.0738 e. The molecule has 14 heavy (non-hydrogen) atoms. The van der Waals surface area contributed by atoms with Gasteiger partial charge in [0, 0.05) is 16.8 Å². The molecule has 0 radical (unpaired) electrons. The average Bonchev–Trinajstić information content (AvgIpc) is 2.07. The molecular formula is C12H14N2. The van der Waals surface area contributed by atoms with Crippen molar-refractivity contribution in [3.8, 4) is 0 Å². The second-order valence-electron chi connectivity index (χ2n) is 3.81. The third kappa shape index (κ3) is 1.33. The molecule has 0 saturated carbocycles. The number of nitrogens with two attached hydrogens (primary N) is 1. The van der Waals surface area contributed by atoms with E-state index in [0.717, 1.165) is 27.8 Å². The van der Waals surface area contributed by atoms with Gasteiger partial charge in [-0.2, -0.15) is 0 Å². The van der Waals surface area contributed by atoms with Crippen molar-refractivity contribution in [3.05, 3.63) is 35.0 Å². The second-order valence-corrected chi connectivity index (χ2v) is 3.81. The summed E-state index contributed by atoms with van der Waals surface area (Å²) in [4.78, 5) is 4.52. The molecule has 0 unspecified atom stereocenters. The molecule has 72 valence electrons. The first-order chi connectivity index (χ1) is 6.58. The molecule has 1 heterocycles. The van der Waals surface area contributed by atoms with E-state index in [1.54, 1.807) is 0 Å². The molecule has 2 N–H and O–H groups in total. The Bertz CT molecular complexity index is 454. The van der Waals surface area contributed by atoms with Gasteiger partial charge in [0.2, 0.25) is 0 Å². The number of aryl methyl sites for hydroxylation is 3. The Labute approximate surface area is 83.8 Å². The van der Waals surface area contributed by atoms with Gasteiger partial charge < -0.3 is 5.73 Å². The van der Waals surface area contributed by atoms with Crippen molar-refractivity contribution in [2.75, 3.05) is 5.73 Å². The average molecular weight is 186 g/mol. The summed E-state index contributed by atoms with van der Waals surface area (Å²) in [5.74, 6) is 0. The van der Waals surface area contributed by atoms with Gasteiger partial charge in [0.25, 0.3) is 0 Å². The van der Waals surface area contributed by atoms with E-state index in [2.05, 4.69) is 18.0 Å². The number of nitrogens with zero attached hydrogens (tertiary/aromatic N) is 1. The van der Waals surface area contributed by atoms with Crippen LogP contribution in [0.3, 0.4) is 0 Å². The number of aromatic nitrogens is 1. The maximum atomic E-state index is 5.80. The highest BCUT2D eigenvalue weighted by atomic mass is 14.7. The number of anilines is 1. The molecule has 0 saturated heterocycles. The quantitative estimate of drug-likeness (QED) is 0.642. The summed E-state index contributed by atoms with van der Waals surface area (Å²) >= 11 is 0. The number of benzene rings is 1. The molecule has 0 aliphatic heterocycles. The molecule has 0 atom stereocenters. The fraction of sp³-hybridized carbons (Fsp3) is 0.250. The fourth-order valence-corrected chi connectivity index (χ4v) is 1.86. The van der Waals surface area contributed by atoms with Gasteiger partial charge in [-0.1, -0.05) is 0 Å². The zero-order valence-electron chi connectivity index (χ0n) is 8.76. The zero-order chi connectivity index (χ0) is 10.3. The van der Waals surface area contributed by atoms with E-state index in [1.165, 1.54) is 5.56 Å². The van der Waals surface area contributed by atoms with Crippen LogP contribution in [0.2, 0.25) is 0 Å². The Balaban J connectivity index is 2.94. The van der Waals surface area contributed by atoms with Crippen LogP contribution >= 0.6 is 0 Å². The first-order valence-corrected chi connectivity index (χ1v) is 4.72. The summed E-state index contributed by atoms with van der Waals surface area (Å²) in [7, 11) is 0. The van der Waals surface area contributed by atoms with Crippen molar-refractivity contribution in [1.82, 2.24) is 4.98 Å². The second kappa shape index (κ2) is 2.98. The molecule has 2 aromatic rings. The van der Waals surface area contributed by atoms with E-state index in [0.29, 0.717) is 0 Å². The number of fused-ring (bicyclic) bond motifs is 1. The smallest absolute Gasteiger partial charge is 0.0738 e. The molecule has 0 spiro atoms. The van der Waals surface area contributed by atoms with E-state index >= 15 is 0 Å². The van der Waals surface area contributed by atoms with Crippen LogP contribution in [-0.2, 0) is 0 Å². The van der Waals surface area contributed by atoms with Gasteiger partial charge in [0.05, 0.1) is 5.52 Å². The van der Waals surface area contributed by atoms with Gasteiger partial charge in [-0.05, 0) is 50.1 Å². The standard InChI is InChI=1S/C12H14N2/c1-7-4-9(3)14-12-8(2)5-10(13)6-11(7)12/h4-6H,13H2,1-3H3. The SMILES string of the molecule is Cc1cc(C)c2cc(N)cc(C)c2n1. The van der Waals surface area contributed by atoms with Crippen molar-refractivity contribution in [2.45, 2.75) is 20.8 Å². The Morgan fingerprint density at radius 3 is 2.43 bits per heavy atom. The molecule has 0 aliphatic carbocycles. The van der Waals surface area contributed by atoms with Crippen LogP contribution in [0.15, 0.2) is 18.2 Å².